The molecular weight excluding hydrogens is 350 g/mol. The van der Waals surface area contributed by atoms with Crippen LogP contribution in [0.3, 0.4) is 0 Å². The molecule has 1 aliphatic carbocycles. The van der Waals surface area contributed by atoms with Crippen LogP contribution in [0.2, 0.25) is 16.6 Å². The molecular formula is C22H37N3OSi. The number of aliphatic hydroxyl groups excluding tert-OH is 1. The molecule has 0 saturated heterocycles. The van der Waals surface area contributed by atoms with Crippen LogP contribution in [-0.4, -0.2) is 27.5 Å². The summed E-state index contributed by atoms with van der Waals surface area (Å²) in [4.78, 5) is 9.27. The fourth-order valence-corrected chi connectivity index (χ4v) is 12.6. The van der Waals surface area contributed by atoms with Crippen LogP contribution < -0.4 is 0 Å². The molecule has 0 aliphatic heterocycles. The molecule has 1 aliphatic rings. The van der Waals surface area contributed by atoms with Gasteiger partial charge in [0.05, 0.1) is 11.8 Å². The number of aromatic nitrogens is 3. The lowest BCUT2D eigenvalue weighted by Crippen LogP contribution is -2.51. The molecule has 0 radical (unpaired) electrons. The van der Waals surface area contributed by atoms with Crippen LogP contribution in [0, 0.1) is 5.92 Å². The molecule has 1 fully saturated rings. The van der Waals surface area contributed by atoms with Crippen LogP contribution >= 0.6 is 0 Å². The summed E-state index contributed by atoms with van der Waals surface area (Å²) in [7, 11) is -1.87. The van der Waals surface area contributed by atoms with Gasteiger partial charge in [-0.3, -0.25) is 0 Å². The van der Waals surface area contributed by atoms with E-state index in [-0.39, 0.29) is 0 Å². The molecule has 3 rings (SSSR count). The van der Waals surface area contributed by atoms with E-state index in [9.17, 15) is 5.11 Å². The topological polar surface area (TPSA) is 50.9 Å². The van der Waals surface area contributed by atoms with E-state index in [0.29, 0.717) is 22.5 Å². The van der Waals surface area contributed by atoms with Gasteiger partial charge in [-0.1, -0.05) is 60.8 Å². The van der Waals surface area contributed by atoms with Gasteiger partial charge in [0.2, 0.25) is 0 Å². The lowest BCUT2D eigenvalue weighted by atomic mass is 9.83. The largest absolute Gasteiger partial charge is 0.386 e. The second-order valence-corrected chi connectivity index (χ2v) is 15.1. The third kappa shape index (κ3) is 3.37. The molecule has 0 spiro atoms. The lowest BCUT2D eigenvalue weighted by molar-refractivity contribution is 0.0824. The number of nitrogens with zero attached hydrogens (tertiary/aromatic N) is 3. The number of fused-ring (bicyclic) bond motifs is 1. The average molecular weight is 388 g/mol. The summed E-state index contributed by atoms with van der Waals surface area (Å²) in [6.45, 7) is 14.2. The Morgan fingerprint density at radius 1 is 0.963 bits per heavy atom. The van der Waals surface area contributed by atoms with Crippen molar-refractivity contribution in [3.63, 3.8) is 0 Å². The van der Waals surface area contributed by atoms with Gasteiger partial charge in [0.25, 0.3) is 0 Å². The molecule has 1 saturated carbocycles. The zero-order valence-electron chi connectivity index (χ0n) is 17.9. The zero-order valence-corrected chi connectivity index (χ0v) is 18.9. The van der Waals surface area contributed by atoms with E-state index in [2.05, 4.69) is 63.0 Å². The summed E-state index contributed by atoms with van der Waals surface area (Å²) in [5.74, 6) is 0.336. The Morgan fingerprint density at radius 2 is 1.56 bits per heavy atom. The normalized spacial score (nSPS) is 18.1. The summed E-state index contributed by atoms with van der Waals surface area (Å²) in [5, 5.41) is 12.1. The summed E-state index contributed by atoms with van der Waals surface area (Å²) in [5.41, 5.74) is 3.68. The summed E-state index contributed by atoms with van der Waals surface area (Å²) in [6, 6.07) is 2.16. The SMILES string of the molecule is CC(C)[Si](C(C)C)(C(C)C)n1ccc2c(C(O)C3CCCCC3)ncnc21. The predicted octanol–water partition coefficient (Wildman–Crippen LogP) is 6.07. The highest BCUT2D eigenvalue weighted by Crippen LogP contribution is 2.44. The fraction of sp³-hybridized carbons (Fsp3) is 0.727. The van der Waals surface area contributed by atoms with E-state index in [1.54, 1.807) is 6.33 Å². The van der Waals surface area contributed by atoms with Gasteiger partial charge in [-0.15, -0.1) is 0 Å². The summed E-state index contributed by atoms with van der Waals surface area (Å²) >= 11 is 0. The molecule has 0 bridgehead atoms. The van der Waals surface area contributed by atoms with E-state index in [1.165, 1.54) is 19.3 Å². The molecule has 0 amide bonds. The molecule has 2 aromatic heterocycles. The first-order chi connectivity index (χ1) is 12.8. The molecule has 1 unspecified atom stereocenters. The van der Waals surface area contributed by atoms with Crippen LogP contribution in [0.15, 0.2) is 18.6 Å². The first-order valence-corrected chi connectivity index (χ1v) is 13.0. The number of hydrogen-bond acceptors (Lipinski definition) is 3. The fourth-order valence-electron chi connectivity index (χ4n) is 6.03. The minimum atomic E-state index is -1.87. The second-order valence-electron chi connectivity index (χ2n) is 9.38. The minimum absolute atomic E-state index is 0.336. The van der Waals surface area contributed by atoms with Crippen molar-refractivity contribution in [1.29, 1.82) is 0 Å². The average Bonchev–Trinajstić information content (AvgIpc) is 3.06. The smallest absolute Gasteiger partial charge is 0.171 e. The van der Waals surface area contributed by atoms with Crippen LogP contribution in [0.25, 0.3) is 11.0 Å². The lowest BCUT2D eigenvalue weighted by Gasteiger charge is -2.44. The van der Waals surface area contributed by atoms with Crippen LogP contribution in [-0.2, 0) is 0 Å². The van der Waals surface area contributed by atoms with Crippen molar-refractivity contribution >= 4 is 19.3 Å². The Kier molecular flexibility index (Phi) is 6.11. The van der Waals surface area contributed by atoms with Gasteiger partial charge in [-0.25, -0.2) is 9.97 Å². The van der Waals surface area contributed by atoms with Gasteiger partial charge in [0, 0.05) is 5.39 Å². The predicted molar refractivity (Wildman–Crippen MR) is 116 cm³/mol. The van der Waals surface area contributed by atoms with E-state index in [1.807, 2.05) is 0 Å². The van der Waals surface area contributed by atoms with Gasteiger partial charge < -0.3 is 9.34 Å². The van der Waals surface area contributed by atoms with E-state index in [4.69, 9.17) is 4.98 Å². The van der Waals surface area contributed by atoms with Gasteiger partial charge in [0.1, 0.15) is 12.0 Å². The molecule has 1 atom stereocenters. The van der Waals surface area contributed by atoms with Crippen molar-refractivity contribution in [2.75, 3.05) is 0 Å². The van der Waals surface area contributed by atoms with Gasteiger partial charge in [0.15, 0.2) is 8.24 Å². The Morgan fingerprint density at radius 3 is 2.11 bits per heavy atom. The Balaban J connectivity index is 2.12. The molecule has 150 valence electrons. The minimum Gasteiger partial charge on any atom is -0.386 e. The summed E-state index contributed by atoms with van der Waals surface area (Å²) < 4.78 is 2.51. The van der Waals surface area contributed by atoms with Crippen LogP contribution in [0.1, 0.15) is 85.4 Å². The van der Waals surface area contributed by atoms with Crippen molar-refractivity contribution < 1.29 is 5.11 Å². The molecule has 2 aromatic rings. The van der Waals surface area contributed by atoms with Crippen molar-refractivity contribution in [2.24, 2.45) is 5.92 Å². The van der Waals surface area contributed by atoms with Crippen molar-refractivity contribution in [3.8, 4) is 0 Å². The van der Waals surface area contributed by atoms with Gasteiger partial charge in [-0.2, -0.15) is 0 Å². The highest BCUT2D eigenvalue weighted by Gasteiger charge is 2.46. The van der Waals surface area contributed by atoms with E-state index >= 15 is 0 Å². The zero-order chi connectivity index (χ0) is 19.8. The Bertz CT molecular complexity index is 740. The van der Waals surface area contributed by atoms with Crippen molar-refractivity contribution in [1.82, 2.24) is 14.2 Å². The molecule has 27 heavy (non-hydrogen) atoms. The maximum atomic E-state index is 11.1. The monoisotopic (exact) mass is 387 g/mol. The first kappa shape index (κ1) is 20.5. The van der Waals surface area contributed by atoms with E-state index in [0.717, 1.165) is 29.6 Å². The third-order valence-electron chi connectivity index (χ3n) is 7.08. The van der Waals surface area contributed by atoms with E-state index < -0.39 is 14.3 Å². The Labute approximate surface area is 165 Å². The Hall–Kier alpha value is -1.20. The van der Waals surface area contributed by atoms with Gasteiger partial charge in [-0.05, 0) is 47.6 Å². The number of rotatable bonds is 6. The maximum Gasteiger partial charge on any atom is 0.171 e. The van der Waals surface area contributed by atoms with Crippen molar-refractivity contribution in [2.45, 2.75) is 96.4 Å². The molecule has 1 N–H and O–H groups in total. The molecule has 4 nitrogen and oxygen atoms in total. The quantitative estimate of drug-likeness (QED) is 0.612. The van der Waals surface area contributed by atoms with Gasteiger partial charge >= 0.3 is 0 Å². The highest BCUT2D eigenvalue weighted by molar-refractivity contribution is 6.82. The van der Waals surface area contributed by atoms with Crippen molar-refractivity contribution in [3.05, 3.63) is 24.3 Å². The number of hydrogen-bond donors (Lipinski definition) is 1. The number of aliphatic hydroxyl groups is 1. The molecule has 0 aromatic carbocycles. The maximum absolute atomic E-state index is 11.1. The molecule has 5 heteroatoms. The highest BCUT2D eigenvalue weighted by atomic mass is 28.3. The molecule has 2 heterocycles. The van der Waals surface area contributed by atoms with Crippen LogP contribution in [0.5, 0.6) is 0 Å². The summed E-state index contributed by atoms with van der Waals surface area (Å²) in [6.07, 6.45) is 9.39. The third-order valence-corrected chi connectivity index (χ3v) is 13.8. The standard InChI is InChI=1S/C22H37N3OSi/c1-15(2)27(16(3)4,17(5)6)25-13-12-19-20(23-14-24-22(19)25)21(26)18-10-8-7-9-11-18/h12-18,21,26H,7-11H2,1-6H3. The first-order valence-electron chi connectivity index (χ1n) is 10.8. The van der Waals surface area contributed by atoms with Crippen LogP contribution in [0.4, 0.5) is 0 Å². The second kappa shape index (κ2) is 8.04.